The van der Waals surface area contributed by atoms with Crippen LogP contribution in [0.2, 0.25) is 0 Å². The maximum atomic E-state index is 2.42. The van der Waals surface area contributed by atoms with Crippen molar-refractivity contribution in [2.75, 3.05) is 0 Å². The lowest BCUT2D eigenvalue weighted by atomic mass is 10.0. The molecule has 0 rings (SSSR count). The molecule has 0 radical (unpaired) electrons. The molecule has 0 spiro atoms. The van der Waals surface area contributed by atoms with E-state index in [4.69, 9.17) is 0 Å². The summed E-state index contributed by atoms with van der Waals surface area (Å²) in [6.45, 7) is 6.94. The van der Waals surface area contributed by atoms with E-state index in [1.54, 1.807) is 0 Å². The molecule has 126 valence electrons. The topological polar surface area (TPSA) is 0 Å². The number of unbranched alkanes of at least 4 members (excludes halogenated alkanes) is 12. The molecule has 0 atom stereocenters. The molecule has 21 heavy (non-hydrogen) atoms. The van der Waals surface area contributed by atoms with Crippen molar-refractivity contribution in [3.8, 4) is 0 Å². The summed E-state index contributed by atoms with van der Waals surface area (Å²) >= 11 is 0. The minimum absolute atomic E-state index is 0.886. The van der Waals surface area contributed by atoms with Crippen LogP contribution in [0.3, 0.4) is 0 Å². The van der Waals surface area contributed by atoms with E-state index in [0.29, 0.717) is 0 Å². The van der Waals surface area contributed by atoms with Crippen molar-refractivity contribution < 1.29 is 0 Å². The van der Waals surface area contributed by atoms with Gasteiger partial charge in [-0.15, -0.1) is 0 Å². The van der Waals surface area contributed by atoms with Gasteiger partial charge in [0.2, 0.25) is 0 Å². The Morgan fingerprint density at radius 2 is 1.00 bits per heavy atom. The quantitative estimate of drug-likeness (QED) is 0.199. The van der Waals surface area contributed by atoms with Gasteiger partial charge in [-0.05, 0) is 31.6 Å². The van der Waals surface area contributed by atoms with Gasteiger partial charge in [-0.25, -0.2) is 0 Å². The highest BCUT2D eigenvalue weighted by molar-refractivity contribution is 4.81. The van der Waals surface area contributed by atoms with Crippen LogP contribution in [0.1, 0.15) is 117 Å². The monoisotopic (exact) mass is 294 g/mol. The summed E-state index contributed by atoms with van der Waals surface area (Å²) < 4.78 is 0. The van der Waals surface area contributed by atoms with Crippen molar-refractivity contribution in [2.45, 2.75) is 117 Å². The van der Waals surface area contributed by atoms with E-state index in [2.05, 4.69) is 32.9 Å². The molecule has 0 bridgehead atoms. The van der Waals surface area contributed by atoms with Gasteiger partial charge in [0.1, 0.15) is 0 Å². The third-order valence-electron chi connectivity index (χ3n) is 4.29. The lowest BCUT2D eigenvalue weighted by molar-refractivity contribution is 0.521. The van der Waals surface area contributed by atoms with Crippen LogP contribution >= 0.6 is 0 Å². The van der Waals surface area contributed by atoms with Crippen LogP contribution < -0.4 is 0 Å². The summed E-state index contributed by atoms with van der Waals surface area (Å²) in [7, 11) is 0. The van der Waals surface area contributed by atoms with Gasteiger partial charge in [0.25, 0.3) is 0 Å². The van der Waals surface area contributed by atoms with Gasteiger partial charge in [0, 0.05) is 0 Å². The van der Waals surface area contributed by atoms with Crippen LogP contribution in [0, 0.1) is 5.92 Å². The summed E-state index contributed by atoms with van der Waals surface area (Å²) in [6.07, 6.45) is 26.0. The lowest BCUT2D eigenvalue weighted by Crippen LogP contribution is -1.86. The standard InChI is InChI=1S/C21H42/c1-4-5-6-7-8-9-10-11-12-13-14-15-16-17-18-19-20-21(2)3/h13-14,21H,4-12,15-20H2,1-3H3/b14-13-. The van der Waals surface area contributed by atoms with Gasteiger partial charge in [0.05, 0.1) is 0 Å². The lowest BCUT2D eigenvalue weighted by Gasteiger charge is -2.03. The molecule has 0 aliphatic carbocycles. The predicted molar refractivity (Wildman–Crippen MR) is 98.9 cm³/mol. The Hall–Kier alpha value is -0.260. The fourth-order valence-corrected chi connectivity index (χ4v) is 2.80. The molecule has 0 nitrogen and oxygen atoms in total. The first kappa shape index (κ1) is 20.7. The van der Waals surface area contributed by atoms with Crippen molar-refractivity contribution >= 4 is 0 Å². The molecule has 0 N–H and O–H groups in total. The second-order valence-electron chi connectivity index (χ2n) is 7.12. The number of hydrogen-bond acceptors (Lipinski definition) is 0. The normalized spacial score (nSPS) is 11.8. The SMILES string of the molecule is CCCCCCCCCC/C=C\CCCCCCC(C)C. The first-order valence-corrected chi connectivity index (χ1v) is 9.92. The Balaban J connectivity index is 3.05. The van der Waals surface area contributed by atoms with Crippen molar-refractivity contribution in [1.29, 1.82) is 0 Å². The Labute approximate surface area is 135 Å². The molecule has 0 unspecified atom stereocenters. The number of hydrogen-bond donors (Lipinski definition) is 0. The van der Waals surface area contributed by atoms with E-state index in [1.165, 1.54) is 96.3 Å². The van der Waals surface area contributed by atoms with Gasteiger partial charge in [-0.1, -0.05) is 104 Å². The first-order chi connectivity index (χ1) is 10.3. The molecule has 0 aliphatic heterocycles. The largest absolute Gasteiger partial charge is 0.0885 e. The zero-order valence-electron chi connectivity index (χ0n) is 15.3. The van der Waals surface area contributed by atoms with Crippen LogP contribution in [0.25, 0.3) is 0 Å². The van der Waals surface area contributed by atoms with E-state index in [1.807, 2.05) is 0 Å². The second-order valence-corrected chi connectivity index (χ2v) is 7.12. The molecule has 0 fully saturated rings. The van der Waals surface area contributed by atoms with E-state index >= 15 is 0 Å². The number of rotatable bonds is 16. The van der Waals surface area contributed by atoms with Gasteiger partial charge >= 0.3 is 0 Å². The van der Waals surface area contributed by atoms with Crippen LogP contribution in [0.5, 0.6) is 0 Å². The average molecular weight is 295 g/mol. The van der Waals surface area contributed by atoms with Crippen LogP contribution in [0.15, 0.2) is 12.2 Å². The number of allylic oxidation sites excluding steroid dienone is 2. The minimum Gasteiger partial charge on any atom is -0.0885 e. The second kappa shape index (κ2) is 17.8. The smallest absolute Gasteiger partial charge is 0.0351 e. The van der Waals surface area contributed by atoms with Gasteiger partial charge in [-0.3, -0.25) is 0 Å². The molecular formula is C21H42. The van der Waals surface area contributed by atoms with Gasteiger partial charge < -0.3 is 0 Å². The maximum Gasteiger partial charge on any atom is -0.0351 e. The zero-order valence-corrected chi connectivity index (χ0v) is 15.3. The van der Waals surface area contributed by atoms with Crippen molar-refractivity contribution in [3.63, 3.8) is 0 Å². The Morgan fingerprint density at radius 3 is 1.48 bits per heavy atom. The van der Waals surface area contributed by atoms with Gasteiger partial charge in [0.15, 0.2) is 0 Å². The van der Waals surface area contributed by atoms with Crippen molar-refractivity contribution in [2.24, 2.45) is 5.92 Å². The molecule has 0 saturated carbocycles. The molecule has 0 aromatic heterocycles. The summed E-state index contributed by atoms with van der Waals surface area (Å²) in [6, 6.07) is 0. The van der Waals surface area contributed by atoms with Crippen LogP contribution in [-0.2, 0) is 0 Å². The molecular weight excluding hydrogens is 252 g/mol. The summed E-state index contributed by atoms with van der Waals surface area (Å²) in [5.41, 5.74) is 0. The fraction of sp³-hybridized carbons (Fsp3) is 0.905. The minimum atomic E-state index is 0.886. The third kappa shape index (κ3) is 19.7. The van der Waals surface area contributed by atoms with Crippen molar-refractivity contribution in [1.82, 2.24) is 0 Å². The molecule has 0 saturated heterocycles. The molecule has 0 amide bonds. The Kier molecular flexibility index (Phi) is 17.6. The maximum absolute atomic E-state index is 2.42. The molecule has 0 heteroatoms. The highest BCUT2D eigenvalue weighted by Crippen LogP contribution is 2.12. The zero-order chi connectivity index (χ0) is 15.6. The highest BCUT2D eigenvalue weighted by atomic mass is 14.0. The van der Waals surface area contributed by atoms with E-state index in [-0.39, 0.29) is 0 Å². The first-order valence-electron chi connectivity index (χ1n) is 9.92. The highest BCUT2D eigenvalue weighted by Gasteiger charge is 1.94. The molecule has 0 heterocycles. The molecule has 0 aromatic carbocycles. The third-order valence-corrected chi connectivity index (χ3v) is 4.29. The van der Waals surface area contributed by atoms with E-state index in [0.717, 1.165) is 5.92 Å². The summed E-state index contributed by atoms with van der Waals surface area (Å²) in [4.78, 5) is 0. The van der Waals surface area contributed by atoms with E-state index in [9.17, 15) is 0 Å². The fourth-order valence-electron chi connectivity index (χ4n) is 2.80. The molecule has 0 aromatic rings. The van der Waals surface area contributed by atoms with Crippen molar-refractivity contribution in [3.05, 3.63) is 12.2 Å². The van der Waals surface area contributed by atoms with Crippen LogP contribution in [0.4, 0.5) is 0 Å². The predicted octanol–water partition coefficient (Wildman–Crippen LogP) is 8.07. The summed E-state index contributed by atoms with van der Waals surface area (Å²) in [5.74, 6) is 0.886. The van der Waals surface area contributed by atoms with E-state index < -0.39 is 0 Å². The Bertz CT molecular complexity index is 202. The molecule has 0 aliphatic rings. The Morgan fingerprint density at radius 1 is 0.571 bits per heavy atom. The van der Waals surface area contributed by atoms with Gasteiger partial charge in [-0.2, -0.15) is 0 Å². The van der Waals surface area contributed by atoms with Crippen LogP contribution in [-0.4, -0.2) is 0 Å². The average Bonchev–Trinajstić information content (AvgIpc) is 2.46. The summed E-state index contributed by atoms with van der Waals surface area (Å²) in [5, 5.41) is 0.